The van der Waals surface area contributed by atoms with Crippen LogP contribution < -0.4 is 14.2 Å². The number of rotatable bonds is 7. The first-order chi connectivity index (χ1) is 11.9. The molecule has 0 amide bonds. The summed E-state index contributed by atoms with van der Waals surface area (Å²) in [5.74, 6) is -0.203. The number of hydrogen-bond donors (Lipinski definition) is 0. The van der Waals surface area contributed by atoms with Crippen molar-refractivity contribution in [2.45, 2.75) is 6.61 Å². The zero-order chi connectivity index (χ0) is 18.4. The van der Waals surface area contributed by atoms with Gasteiger partial charge in [0.1, 0.15) is 0 Å². The molecular weight excluding hydrogens is 445 g/mol. The molecule has 0 saturated heterocycles. The number of carbonyl (C=O) groups excluding carboxylic acids is 1. The number of hydrogen-bond acceptors (Lipinski definition) is 4. The van der Waals surface area contributed by atoms with Crippen molar-refractivity contribution in [3.63, 3.8) is 0 Å². The maximum atomic E-state index is 12.5. The number of ketones is 1. The fourth-order valence-electron chi connectivity index (χ4n) is 2.08. The lowest BCUT2D eigenvalue weighted by Crippen LogP contribution is -2.05. The molecule has 0 unspecified atom stereocenters. The molecule has 0 N–H and O–H groups in total. The first-order valence-electron chi connectivity index (χ1n) is 7.13. The summed E-state index contributed by atoms with van der Waals surface area (Å²) in [5.41, 5.74) is 1.10. The van der Waals surface area contributed by atoms with Crippen molar-refractivity contribution >= 4 is 34.5 Å². The average Bonchev–Trinajstić information content (AvgIpc) is 2.60. The fourth-order valence-corrected chi connectivity index (χ4v) is 2.44. The average molecular weight is 460 g/mol. The summed E-state index contributed by atoms with van der Waals surface area (Å²) in [6.45, 7) is -3.01. The second kappa shape index (κ2) is 8.80. The maximum Gasteiger partial charge on any atom is 0.387 e. The van der Waals surface area contributed by atoms with Gasteiger partial charge in [0, 0.05) is 9.13 Å². The molecule has 2 rings (SSSR count). The van der Waals surface area contributed by atoms with Crippen LogP contribution in [0.4, 0.5) is 8.78 Å². The molecule has 0 spiro atoms. The van der Waals surface area contributed by atoms with Gasteiger partial charge in [-0.1, -0.05) is 18.2 Å². The van der Waals surface area contributed by atoms with Crippen LogP contribution >= 0.6 is 22.6 Å². The van der Waals surface area contributed by atoms with Gasteiger partial charge in [-0.15, -0.1) is 0 Å². The van der Waals surface area contributed by atoms with Gasteiger partial charge in [0.05, 0.1) is 14.2 Å². The van der Waals surface area contributed by atoms with Gasteiger partial charge in [0.15, 0.2) is 17.3 Å². The van der Waals surface area contributed by atoms with E-state index < -0.39 is 6.61 Å². The molecule has 7 heteroatoms. The summed E-state index contributed by atoms with van der Waals surface area (Å²) in [6, 6.07) is 10.1. The van der Waals surface area contributed by atoms with Crippen LogP contribution in [0.3, 0.4) is 0 Å². The van der Waals surface area contributed by atoms with Gasteiger partial charge in [0.25, 0.3) is 0 Å². The highest BCUT2D eigenvalue weighted by molar-refractivity contribution is 14.1. The lowest BCUT2D eigenvalue weighted by molar-refractivity contribution is -0.0526. The molecule has 0 saturated carbocycles. The van der Waals surface area contributed by atoms with E-state index in [1.807, 2.05) is 12.1 Å². The predicted molar refractivity (Wildman–Crippen MR) is 98.7 cm³/mol. The first kappa shape index (κ1) is 19.2. The minimum Gasteiger partial charge on any atom is -0.493 e. The van der Waals surface area contributed by atoms with Crippen LogP contribution in [-0.4, -0.2) is 26.6 Å². The lowest BCUT2D eigenvalue weighted by atomic mass is 10.1. The highest BCUT2D eigenvalue weighted by Crippen LogP contribution is 2.39. The summed E-state index contributed by atoms with van der Waals surface area (Å²) in [5, 5.41) is 0. The number of alkyl halides is 2. The molecular formula is C18H15F2IO4. The van der Waals surface area contributed by atoms with E-state index in [4.69, 9.17) is 9.47 Å². The lowest BCUT2D eigenvalue weighted by Gasteiger charge is -2.14. The minimum absolute atomic E-state index is 0.0843. The van der Waals surface area contributed by atoms with Crippen molar-refractivity contribution in [2.75, 3.05) is 14.2 Å². The SMILES string of the molecule is COc1cc(/C=C/C(=O)c2ccc(I)cc2)cc(OC)c1OC(F)F. The van der Waals surface area contributed by atoms with E-state index in [0.717, 1.165) is 3.57 Å². The number of benzene rings is 2. The zero-order valence-electron chi connectivity index (χ0n) is 13.5. The Bertz CT molecular complexity index is 748. The van der Waals surface area contributed by atoms with Crippen LogP contribution in [0.15, 0.2) is 42.5 Å². The van der Waals surface area contributed by atoms with Crippen LogP contribution in [0.5, 0.6) is 17.2 Å². The van der Waals surface area contributed by atoms with E-state index in [1.165, 1.54) is 32.4 Å². The van der Waals surface area contributed by atoms with Crippen LogP contribution in [0.2, 0.25) is 0 Å². The number of ether oxygens (including phenoxy) is 3. The molecule has 0 radical (unpaired) electrons. The Morgan fingerprint density at radius 2 is 1.64 bits per heavy atom. The number of allylic oxidation sites excluding steroid dienone is 1. The minimum atomic E-state index is -3.01. The second-order valence-electron chi connectivity index (χ2n) is 4.84. The van der Waals surface area contributed by atoms with Crippen molar-refractivity contribution in [1.29, 1.82) is 0 Å². The molecule has 0 aliphatic rings. The molecule has 0 heterocycles. The second-order valence-corrected chi connectivity index (χ2v) is 6.08. The highest BCUT2D eigenvalue weighted by atomic mass is 127. The quantitative estimate of drug-likeness (QED) is 0.338. The summed E-state index contributed by atoms with van der Waals surface area (Å²) in [6.07, 6.45) is 2.95. The third-order valence-electron chi connectivity index (χ3n) is 3.25. The van der Waals surface area contributed by atoms with Crippen molar-refractivity contribution in [2.24, 2.45) is 0 Å². The predicted octanol–water partition coefficient (Wildman–Crippen LogP) is 4.81. The maximum absolute atomic E-state index is 12.5. The van der Waals surface area contributed by atoms with Crippen LogP contribution in [0, 0.1) is 3.57 Å². The molecule has 2 aromatic rings. The van der Waals surface area contributed by atoms with Gasteiger partial charge in [-0.05, 0) is 58.5 Å². The van der Waals surface area contributed by atoms with E-state index in [2.05, 4.69) is 27.3 Å². The summed E-state index contributed by atoms with van der Waals surface area (Å²) in [7, 11) is 2.66. The molecule has 0 aliphatic heterocycles. The van der Waals surface area contributed by atoms with Gasteiger partial charge in [-0.2, -0.15) is 8.78 Å². The summed E-state index contributed by atoms with van der Waals surface area (Å²) >= 11 is 2.15. The van der Waals surface area contributed by atoms with Gasteiger partial charge < -0.3 is 14.2 Å². The largest absolute Gasteiger partial charge is 0.493 e. The highest BCUT2D eigenvalue weighted by Gasteiger charge is 2.17. The van der Waals surface area contributed by atoms with Gasteiger partial charge >= 0.3 is 6.61 Å². The Kier molecular flexibility index (Phi) is 6.74. The summed E-state index contributed by atoms with van der Waals surface area (Å²) in [4.78, 5) is 12.2. The number of methoxy groups -OCH3 is 2. The summed E-state index contributed by atoms with van der Waals surface area (Å²) < 4.78 is 40.7. The van der Waals surface area contributed by atoms with Crippen molar-refractivity contribution in [3.05, 3.63) is 57.2 Å². The Morgan fingerprint density at radius 1 is 1.08 bits per heavy atom. The van der Waals surface area contributed by atoms with Gasteiger partial charge in [-0.3, -0.25) is 4.79 Å². The molecule has 2 aromatic carbocycles. The molecule has 0 fully saturated rings. The van der Waals surface area contributed by atoms with E-state index in [9.17, 15) is 13.6 Å². The Labute approximate surface area is 157 Å². The fraction of sp³-hybridized carbons (Fsp3) is 0.167. The zero-order valence-corrected chi connectivity index (χ0v) is 15.6. The van der Waals surface area contributed by atoms with E-state index in [-0.39, 0.29) is 23.0 Å². The standard InChI is InChI=1S/C18H15F2IO4/c1-23-15-9-11(10-16(24-2)17(15)25-18(19)20)3-8-14(22)12-4-6-13(21)7-5-12/h3-10,18H,1-2H3/b8-3+. The van der Waals surface area contributed by atoms with E-state index in [1.54, 1.807) is 18.2 Å². The van der Waals surface area contributed by atoms with Crippen molar-refractivity contribution < 1.29 is 27.8 Å². The smallest absolute Gasteiger partial charge is 0.387 e. The van der Waals surface area contributed by atoms with Gasteiger partial charge in [-0.25, -0.2) is 0 Å². The molecule has 0 aliphatic carbocycles. The third-order valence-corrected chi connectivity index (χ3v) is 3.96. The molecule has 0 atom stereocenters. The Balaban J connectivity index is 2.29. The Hall–Kier alpha value is -2.16. The van der Waals surface area contributed by atoms with Crippen LogP contribution in [0.1, 0.15) is 15.9 Å². The monoisotopic (exact) mass is 460 g/mol. The molecule has 25 heavy (non-hydrogen) atoms. The molecule has 4 nitrogen and oxygen atoms in total. The molecule has 0 aromatic heterocycles. The first-order valence-corrected chi connectivity index (χ1v) is 8.21. The van der Waals surface area contributed by atoms with Crippen molar-refractivity contribution in [3.8, 4) is 17.2 Å². The third kappa shape index (κ3) is 5.15. The topological polar surface area (TPSA) is 44.8 Å². The number of halogens is 3. The van der Waals surface area contributed by atoms with Crippen LogP contribution in [0.25, 0.3) is 6.08 Å². The normalized spacial score (nSPS) is 11.0. The Morgan fingerprint density at radius 3 is 2.12 bits per heavy atom. The van der Waals surface area contributed by atoms with E-state index in [0.29, 0.717) is 11.1 Å². The van der Waals surface area contributed by atoms with Crippen LogP contribution in [-0.2, 0) is 0 Å². The molecule has 132 valence electrons. The van der Waals surface area contributed by atoms with Crippen molar-refractivity contribution in [1.82, 2.24) is 0 Å². The molecule has 0 bridgehead atoms. The van der Waals surface area contributed by atoms with Gasteiger partial charge in [0.2, 0.25) is 5.75 Å². The van der Waals surface area contributed by atoms with E-state index >= 15 is 0 Å². The number of carbonyl (C=O) groups is 1.